The lowest BCUT2D eigenvalue weighted by Gasteiger charge is -1.89. The molecule has 1 rings (SSSR count). The highest BCUT2D eigenvalue weighted by Crippen LogP contribution is 2.04. The van der Waals surface area contributed by atoms with Gasteiger partial charge in [0.15, 0.2) is 5.82 Å². The van der Waals surface area contributed by atoms with Gasteiger partial charge in [-0.15, -0.1) is 0 Å². The maximum Gasteiger partial charge on any atom is 0.168 e. The van der Waals surface area contributed by atoms with Gasteiger partial charge in [0.2, 0.25) is 0 Å². The first-order valence-corrected chi connectivity index (χ1v) is 4.14. The molecule has 1 aromatic heterocycles. The predicted octanol–water partition coefficient (Wildman–Crippen LogP) is 0.186. The number of hydrogen-bond acceptors (Lipinski definition) is 5. The highest BCUT2D eigenvalue weighted by Gasteiger charge is 2.01. The fourth-order valence-corrected chi connectivity index (χ4v) is 1.36. The Morgan fingerprint density at radius 2 is 2.45 bits per heavy atom. The van der Waals surface area contributed by atoms with Crippen molar-refractivity contribution in [3.05, 3.63) is 10.8 Å². The predicted molar refractivity (Wildman–Crippen MR) is 43.4 cm³/mol. The first kappa shape index (κ1) is 8.58. The lowest BCUT2D eigenvalue weighted by Crippen LogP contribution is -2.02. The van der Waals surface area contributed by atoms with Crippen molar-refractivity contribution >= 4 is 11.5 Å². The third-order valence-electron chi connectivity index (χ3n) is 1.14. The molecule has 0 aromatic carbocycles. The number of hydrogen-bond donors (Lipinski definition) is 1. The topological polar surface area (TPSA) is 61.0 Å². The molecule has 1 heterocycles. The fraction of sp³-hybridized carbons (Fsp3) is 0.667. The second-order valence-corrected chi connectivity index (χ2v) is 2.91. The third-order valence-corrected chi connectivity index (χ3v) is 1.95. The van der Waals surface area contributed by atoms with E-state index in [2.05, 4.69) is 9.36 Å². The zero-order valence-corrected chi connectivity index (χ0v) is 7.23. The molecular formula is C6H11N3OS. The number of ether oxygens (including phenoxy) is 1. The molecule has 0 aliphatic rings. The summed E-state index contributed by atoms with van der Waals surface area (Å²) in [6, 6.07) is 0. The SMILES string of the molecule is COCc1nsc(CCN)n1. The number of rotatable bonds is 4. The molecule has 11 heavy (non-hydrogen) atoms. The molecule has 0 bridgehead atoms. The molecular weight excluding hydrogens is 162 g/mol. The van der Waals surface area contributed by atoms with Gasteiger partial charge in [-0.3, -0.25) is 0 Å². The van der Waals surface area contributed by atoms with E-state index < -0.39 is 0 Å². The van der Waals surface area contributed by atoms with Gasteiger partial charge >= 0.3 is 0 Å². The molecule has 5 heteroatoms. The second kappa shape index (κ2) is 4.38. The summed E-state index contributed by atoms with van der Waals surface area (Å²) in [4.78, 5) is 4.19. The molecule has 1 aromatic rings. The summed E-state index contributed by atoms with van der Waals surface area (Å²) in [6.45, 7) is 1.11. The fourth-order valence-electron chi connectivity index (χ4n) is 0.703. The molecule has 0 amide bonds. The van der Waals surface area contributed by atoms with Gasteiger partial charge in [-0.1, -0.05) is 0 Å². The van der Waals surface area contributed by atoms with Gasteiger partial charge in [0.1, 0.15) is 11.6 Å². The number of methoxy groups -OCH3 is 1. The van der Waals surface area contributed by atoms with Crippen molar-refractivity contribution in [3.8, 4) is 0 Å². The minimum absolute atomic E-state index is 0.487. The van der Waals surface area contributed by atoms with Crippen LogP contribution < -0.4 is 5.73 Å². The summed E-state index contributed by atoms with van der Waals surface area (Å²) in [5.41, 5.74) is 5.35. The normalized spacial score (nSPS) is 10.4. The van der Waals surface area contributed by atoms with Crippen LogP contribution in [0.4, 0.5) is 0 Å². The van der Waals surface area contributed by atoms with Crippen LogP contribution in [0, 0.1) is 0 Å². The van der Waals surface area contributed by atoms with Gasteiger partial charge in [0, 0.05) is 13.5 Å². The standard InChI is InChI=1S/C6H11N3OS/c1-10-4-5-8-6(2-3-7)11-9-5/h2-4,7H2,1H3. The van der Waals surface area contributed by atoms with Crippen LogP contribution in [-0.4, -0.2) is 23.0 Å². The minimum Gasteiger partial charge on any atom is -0.377 e. The van der Waals surface area contributed by atoms with E-state index in [-0.39, 0.29) is 0 Å². The average Bonchev–Trinajstić information content (AvgIpc) is 2.38. The molecule has 4 nitrogen and oxygen atoms in total. The first-order chi connectivity index (χ1) is 5.36. The largest absolute Gasteiger partial charge is 0.377 e. The van der Waals surface area contributed by atoms with Crippen LogP contribution >= 0.6 is 11.5 Å². The monoisotopic (exact) mass is 173 g/mol. The van der Waals surface area contributed by atoms with Crippen molar-refractivity contribution in [1.29, 1.82) is 0 Å². The summed E-state index contributed by atoms with van der Waals surface area (Å²) in [5, 5.41) is 0.986. The summed E-state index contributed by atoms with van der Waals surface area (Å²) in [6.07, 6.45) is 0.807. The van der Waals surface area contributed by atoms with Crippen molar-refractivity contribution in [3.63, 3.8) is 0 Å². The van der Waals surface area contributed by atoms with E-state index in [9.17, 15) is 0 Å². The molecule has 0 spiro atoms. The maximum absolute atomic E-state index is 5.35. The molecule has 0 fully saturated rings. The van der Waals surface area contributed by atoms with E-state index in [1.54, 1.807) is 7.11 Å². The van der Waals surface area contributed by atoms with Gasteiger partial charge in [-0.05, 0) is 18.1 Å². The van der Waals surface area contributed by atoms with Gasteiger partial charge < -0.3 is 10.5 Å². The minimum atomic E-state index is 0.487. The van der Waals surface area contributed by atoms with Gasteiger partial charge in [-0.25, -0.2) is 4.98 Å². The Labute approximate surface area is 69.6 Å². The first-order valence-electron chi connectivity index (χ1n) is 3.37. The van der Waals surface area contributed by atoms with Crippen LogP contribution in [0.25, 0.3) is 0 Å². The van der Waals surface area contributed by atoms with Gasteiger partial charge in [0.05, 0.1) is 0 Å². The lowest BCUT2D eigenvalue weighted by molar-refractivity contribution is 0.178. The van der Waals surface area contributed by atoms with Crippen LogP contribution in [0.2, 0.25) is 0 Å². The van der Waals surface area contributed by atoms with E-state index in [1.165, 1.54) is 11.5 Å². The summed E-state index contributed by atoms with van der Waals surface area (Å²) < 4.78 is 8.94. The van der Waals surface area contributed by atoms with Crippen molar-refractivity contribution < 1.29 is 4.74 Å². The quantitative estimate of drug-likeness (QED) is 0.706. The zero-order chi connectivity index (χ0) is 8.10. The highest BCUT2D eigenvalue weighted by atomic mass is 32.1. The Kier molecular flexibility index (Phi) is 3.41. The van der Waals surface area contributed by atoms with Gasteiger partial charge in [0.25, 0.3) is 0 Å². The van der Waals surface area contributed by atoms with E-state index in [4.69, 9.17) is 10.5 Å². The second-order valence-electron chi connectivity index (χ2n) is 2.08. The van der Waals surface area contributed by atoms with Crippen LogP contribution in [0.3, 0.4) is 0 Å². The molecule has 0 saturated heterocycles. The van der Waals surface area contributed by atoms with Crippen LogP contribution in [-0.2, 0) is 17.8 Å². The smallest absolute Gasteiger partial charge is 0.168 e. The van der Waals surface area contributed by atoms with Crippen molar-refractivity contribution in [1.82, 2.24) is 9.36 Å². The van der Waals surface area contributed by atoms with Gasteiger partial charge in [-0.2, -0.15) is 4.37 Å². The van der Waals surface area contributed by atoms with Crippen molar-refractivity contribution in [2.24, 2.45) is 5.73 Å². The molecule has 0 unspecified atom stereocenters. The van der Waals surface area contributed by atoms with E-state index in [0.29, 0.717) is 13.2 Å². The van der Waals surface area contributed by atoms with E-state index in [1.807, 2.05) is 0 Å². The zero-order valence-electron chi connectivity index (χ0n) is 6.41. The Morgan fingerprint density at radius 3 is 3.09 bits per heavy atom. The van der Waals surface area contributed by atoms with Crippen molar-refractivity contribution in [2.45, 2.75) is 13.0 Å². The molecule has 0 aliphatic carbocycles. The Hall–Kier alpha value is -0.520. The number of aromatic nitrogens is 2. The van der Waals surface area contributed by atoms with Crippen LogP contribution in [0.15, 0.2) is 0 Å². The molecule has 0 atom stereocenters. The number of nitrogens with zero attached hydrogens (tertiary/aromatic N) is 2. The molecule has 0 radical (unpaired) electrons. The van der Waals surface area contributed by atoms with E-state index >= 15 is 0 Å². The lowest BCUT2D eigenvalue weighted by atomic mass is 10.4. The Morgan fingerprint density at radius 1 is 1.64 bits per heavy atom. The highest BCUT2D eigenvalue weighted by molar-refractivity contribution is 7.05. The van der Waals surface area contributed by atoms with E-state index in [0.717, 1.165) is 17.3 Å². The third kappa shape index (κ3) is 2.53. The molecule has 0 saturated carbocycles. The molecule has 62 valence electrons. The average molecular weight is 173 g/mol. The summed E-state index contributed by atoms with van der Waals surface area (Å²) in [5.74, 6) is 0.751. The summed E-state index contributed by atoms with van der Waals surface area (Å²) in [7, 11) is 1.63. The molecule has 0 aliphatic heterocycles. The number of nitrogens with two attached hydrogens (primary N) is 1. The summed E-state index contributed by atoms with van der Waals surface area (Å²) >= 11 is 1.39. The van der Waals surface area contributed by atoms with Crippen LogP contribution in [0.1, 0.15) is 10.8 Å². The Balaban J connectivity index is 2.51. The van der Waals surface area contributed by atoms with Crippen molar-refractivity contribution in [2.75, 3.05) is 13.7 Å². The molecule has 2 N–H and O–H groups in total. The van der Waals surface area contributed by atoms with Crippen LogP contribution in [0.5, 0.6) is 0 Å². The maximum atomic E-state index is 5.35. The Bertz CT molecular complexity index is 193.